The Hall–Kier alpha value is -0.600. The molecule has 0 aromatic rings. The third kappa shape index (κ3) is 9.03. The van der Waals surface area contributed by atoms with Crippen molar-refractivity contribution in [2.75, 3.05) is 72.6 Å². The van der Waals surface area contributed by atoms with Gasteiger partial charge in [0.1, 0.15) is 0 Å². The fraction of sp³-hybridized carbons (Fsp3) is 0.867. The zero-order valence-electron chi connectivity index (χ0n) is 15.0. The van der Waals surface area contributed by atoms with Crippen molar-refractivity contribution < 1.29 is 14.3 Å². The first-order valence-electron chi connectivity index (χ1n) is 8.09. The summed E-state index contributed by atoms with van der Waals surface area (Å²) in [4.78, 5) is 30.0. The highest BCUT2D eigenvalue weighted by Crippen LogP contribution is 2.03. The average Bonchev–Trinajstić information content (AvgIpc) is 2.56. The Labute approximate surface area is 157 Å². The molecule has 1 rings (SSSR count). The zero-order chi connectivity index (χ0) is 16.4. The molecule has 1 saturated heterocycles. The number of nitrogens with zero attached hydrogens (tertiary/aromatic N) is 3. The van der Waals surface area contributed by atoms with Crippen molar-refractivity contribution in [1.82, 2.24) is 20.0 Å². The van der Waals surface area contributed by atoms with Gasteiger partial charge >= 0.3 is 0 Å². The average molecular weight is 387 g/mol. The number of rotatable bonds is 9. The fourth-order valence-corrected chi connectivity index (χ4v) is 2.43. The number of carbonyl (C=O) groups excluding carboxylic acids is 2. The molecule has 24 heavy (non-hydrogen) atoms. The summed E-state index contributed by atoms with van der Waals surface area (Å²) in [7, 11) is 1.64. The number of carbonyl (C=O) groups is 2. The highest BCUT2D eigenvalue weighted by atomic mass is 35.5. The van der Waals surface area contributed by atoms with Crippen LogP contribution < -0.4 is 5.32 Å². The number of halogens is 2. The number of amides is 2. The number of hydrogen-bond acceptors (Lipinski definition) is 5. The van der Waals surface area contributed by atoms with Gasteiger partial charge in [0.15, 0.2) is 0 Å². The van der Waals surface area contributed by atoms with E-state index in [-0.39, 0.29) is 36.6 Å². The minimum absolute atomic E-state index is 0. The van der Waals surface area contributed by atoms with Crippen LogP contribution in [0.25, 0.3) is 0 Å². The van der Waals surface area contributed by atoms with E-state index in [0.717, 1.165) is 13.1 Å². The van der Waals surface area contributed by atoms with Crippen LogP contribution in [0.2, 0.25) is 0 Å². The number of methoxy groups -OCH3 is 1. The molecule has 0 spiro atoms. The van der Waals surface area contributed by atoms with Gasteiger partial charge in [-0.05, 0) is 13.1 Å². The SMILES string of the molecule is CCN(CC)CC(=O)N1CCN(C(=O)CNCCOC)CC1.Cl.Cl. The molecule has 1 aliphatic heterocycles. The molecular weight excluding hydrogens is 355 g/mol. The summed E-state index contributed by atoms with van der Waals surface area (Å²) in [5.74, 6) is 0.251. The topological polar surface area (TPSA) is 65.1 Å². The molecule has 0 aliphatic carbocycles. The first kappa shape index (κ1) is 25.6. The molecular formula is C15H32Cl2N4O3. The van der Waals surface area contributed by atoms with Gasteiger partial charge in [0.05, 0.1) is 19.7 Å². The van der Waals surface area contributed by atoms with Crippen LogP contribution in [0.1, 0.15) is 13.8 Å². The van der Waals surface area contributed by atoms with Crippen molar-refractivity contribution >= 4 is 36.6 Å². The molecule has 1 aliphatic rings. The lowest BCUT2D eigenvalue weighted by atomic mass is 10.3. The quantitative estimate of drug-likeness (QED) is 0.568. The van der Waals surface area contributed by atoms with E-state index in [0.29, 0.717) is 52.4 Å². The largest absolute Gasteiger partial charge is 0.383 e. The van der Waals surface area contributed by atoms with E-state index >= 15 is 0 Å². The van der Waals surface area contributed by atoms with Crippen LogP contribution in [0.15, 0.2) is 0 Å². The van der Waals surface area contributed by atoms with Crippen LogP contribution >= 0.6 is 24.8 Å². The van der Waals surface area contributed by atoms with Crippen molar-refractivity contribution in [2.24, 2.45) is 0 Å². The molecule has 1 N–H and O–H groups in total. The third-order valence-corrected chi connectivity index (χ3v) is 4.00. The van der Waals surface area contributed by atoms with E-state index in [1.165, 1.54) is 0 Å². The summed E-state index contributed by atoms with van der Waals surface area (Å²) in [5.41, 5.74) is 0. The number of ether oxygens (including phenoxy) is 1. The van der Waals surface area contributed by atoms with Gasteiger partial charge in [-0.25, -0.2) is 0 Å². The van der Waals surface area contributed by atoms with Crippen LogP contribution in [-0.2, 0) is 14.3 Å². The highest BCUT2D eigenvalue weighted by molar-refractivity contribution is 5.85. The van der Waals surface area contributed by atoms with Crippen LogP contribution in [0.3, 0.4) is 0 Å². The summed E-state index contributed by atoms with van der Waals surface area (Å²) in [6.45, 7) is 10.5. The fourth-order valence-electron chi connectivity index (χ4n) is 2.43. The van der Waals surface area contributed by atoms with E-state index in [4.69, 9.17) is 4.74 Å². The van der Waals surface area contributed by atoms with E-state index < -0.39 is 0 Å². The predicted octanol–water partition coefficient (Wildman–Crippen LogP) is 0.0786. The molecule has 1 fully saturated rings. The molecule has 0 bridgehead atoms. The number of likely N-dealkylation sites (N-methyl/N-ethyl adjacent to an activating group) is 1. The maximum Gasteiger partial charge on any atom is 0.236 e. The summed E-state index contributed by atoms with van der Waals surface area (Å²) in [6.07, 6.45) is 0. The molecule has 0 saturated carbocycles. The molecule has 9 heteroatoms. The van der Waals surface area contributed by atoms with Gasteiger partial charge in [-0.2, -0.15) is 0 Å². The van der Waals surface area contributed by atoms with Crippen LogP contribution in [0.4, 0.5) is 0 Å². The molecule has 144 valence electrons. The maximum absolute atomic E-state index is 12.2. The first-order chi connectivity index (χ1) is 10.6. The molecule has 0 aromatic carbocycles. The zero-order valence-corrected chi connectivity index (χ0v) is 16.6. The Morgan fingerprint density at radius 3 is 1.96 bits per heavy atom. The second-order valence-corrected chi connectivity index (χ2v) is 5.39. The molecule has 0 radical (unpaired) electrons. The Balaban J connectivity index is 0. The van der Waals surface area contributed by atoms with E-state index in [2.05, 4.69) is 24.1 Å². The Morgan fingerprint density at radius 1 is 1.00 bits per heavy atom. The summed E-state index contributed by atoms with van der Waals surface area (Å²) < 4.78 is 4.92. The molecule has 1 heterocycles. The van der Waals surface area contributed by atoms with Crippen LogP contribution in [0.5, 0.6) is 0 Å². The summed E-state index contributed by atoms with van der Waals surface area (Å²) in [5, 5.41) is 3.06. The van der Waals surface area contributed by atoms with Gasteiger partial charge in [0.25, 0.3) is 0 Å². The minimum atomic E-state index is 0. The van der Waals surface area contributed by atoms with E-state index in [9.17, 15) is 9.59 Å². The second-order valence-electron chi connectivity index (χ2n) is 5.39. The highest BCUT2D eigenvalue weighted by Gasteiger charge is 2.24. The van der Waals surface area contributed by atoms with Gasteiger partial charge in [0, 0.05) is 39.8 Å². The molecule has 0 atom stereocenters. The third-order valence-electron chi connectivity index (χ3n) is 4.00. The lowest BCUT2D eigenvalue weighted by Crippen LogP contribution is -2.54. The number of nitrogens with one attached hydrogen (secondary N) is 1. The summed E-state index contributed by atoms with van der Waals surface area (Å²) in [6, 6.07) is 0. The van der Waals surface area contributed by atoms with Crippen molar-refractivity contribution in [3.63, 3.8) is 0 Å². The molecule has 7 nitrogen and oxygen atoms in total. The summed E-state index contributed by atoms with van der Waals surface area (Å²) >= 11 is 0. The van der Waals surface area contributed by atoms with E-state index in [1.807, 2.05) is 9.80 Å². The van der Waals surface area contributed by atoms with Crippen molar-refractivity contribution in [2.45, 2.75) is 13.8 Å². The number of piperazine rings is 1. The van der Waals surface area contributed by atoms with Crippen molar-refractivity contribution in [1.29, 1.82) is 0 Å². The first-order valence-corrected chi connectivity index (χ1v) is 8.09. The van der Waals surface area contributed by atoms with Gasteiger partial charge in [-0.15, -0.1) is 24.8 Å². The lowest BCUT2D eigenvalue weighted by molar-refractivity contribution is -0.139. The lowest BCUT2D eigenvalue weighted by Gasteiger charge is -2.35. The van der Waals surface area contributed by atoms with Crippen LogP contribution in [0, 0.1) is 0 Å². The van der Waals surface area contributed by atoms with Crippen molar-refractivity contribution in [3.8, 4) is 0 Å². The normalized spacial score (nSPS) is 14.2. The minimum Gasteiger partial charge on any atom is -0.383 e. The van der Waals surface area contributed by atoms with Gasteiger partial charge in [-0.3, -0.25) is 14.5 Å². The van der Waals surface area contributed by atoms with Gasteiger partial charge < -0.3 is 19.9 Å². The Kier molecular flexibility index (Phi) is 15.7. The van der Waals surface area contributed by atoms with Gasteiger partial charge in [0.2, 0.25) is 11.8 Å². The van der Waals surface area contributed by atoms with E-state index in [1.54, 1.807) is 7.11 Å². The monoisotopic (exact) mass is 386 g/mol. The Morgan fingerprint density at radius 2 is 1.50 bits per heavy atom. The predicted molar refractivity (Wildman–Crippen MR) is 100 cm³/mol. The molecule has 2 amide bonds. The smallest absolute Gasteiger partial charge is 0.236 e. The standard InChI is InChI=1S/C15H30N4O3.2ClH/c1-4-17(5-2)13-15(21)19-9-7-18(8-10-19)14(20)12-16-6-11-22-3;;/h16H,4-13H2,1-3H3;2*1H. The van der Waals surface area contributed by atoms with Crippen molar-refractivity contribution in [3.05, 3.63) is 0 Å². The second kappa shape index (κ2) is 14.7. The Bertz CT molecular complexity index is 350. The molecule has 0 unspecified atom stereocenters. The maximum atomic E-state index is 12.2. The molecule has 0 aromatic heterocycles. The van der Waals surface area contributed by atoms with Gasteiger partial charge in [-0.1, -0.05) is 13.8 Å². The van der Waals surface area contributed by atoms with Crippen LogP contribution in [-0.4, -0.2) is 99.1 Å². The number of hydrogen-bond donors (Lipinski definition) is 1.